The lowest BCUT2D eigenvalue weighted by molar-refractivity contribution is -0.123. The van der Waals surface area contributed by atoms with Gasteiger partial charge >= 0.3 is 0 Å². The smallest absolute Gasteiger partial charge is 0.229 e. The fourth-order valence-corrected chi connectivity index (χ4v) is 1.90. The van der Waals surface area contributed by atoms with Crippen molar-refractivity contribution < 1.29 is 9.53 Å². The zero-order chi connectivity index (χ0) is 15.2. The fourth-order valence-electron chi connectivity index (χ4n) is 1.74. The summed E-state index contributed by atoms with van der Waals surface area (Å²) in [6, 6.07) is 5.81. The number of hydrogen-bond donors (Lipinski definition) is 2. The van der Waals surface area contributed by atoms with Gasteiger partial charge in [-0.2, -0.15) is 12.6 Å². The summed E-state index contributed by atoms with van der Waals surface area (Å²) in [4.78, 5) is 12.0. The van der Waals surface area contributed by atoms with Crippen LogP contribution in [-0.2, 0) is 11.2 Å². The monoisotopic (exact) mass is 295 g/mol. The van der Waals surface area contributed by atoms with E-state index >= 15 is 0 Å². The van der Waals surface area contributed by atoms with Crippen LogP contribution in [0.4, 0.5) is 5.69 Å². The Labute approximate surface area is 127 Å². The van der Waals surface area contributed by atoms with Crippen molar-refractivity contribution in [1.29, 1.82) is 0 Å². The zero-order valence-electron chi connectivity index (χ0n) is 12.8. The van der Waals surface area contributed by atoms with Crippen LogP contribution in [0, 0.1) is 5.41 Å². The Balaban J connectivity index is 2.91. The van der Waals surface area contributed by atoms with Crippen LogP contribution in [0.3, 0.4) is 0 Å². The number of rotatable bonds is 6. The second-order valence-corrected chi connectivity index (χ2v) is 6.23. The van der Waals surface area contributed by atoms with E-state index in [9.17, 15) is 4.79 Å². The van der Waals surface area contributed by atoms with Crippen LogP contribution < -0.4 is 10.1 Å². The summed E-state index contributed by atoms with van der Waals surface area (Å²) >= 11 is 4.25. The van der Waals surface area contributed by atoms with E-state index in [0.29, 0.717) is 6.61 Å². The highest BCUT2D eigenvalue weighted by Gasteiger charge is 2.21. The van der Waals surface area contributed by atoms with Crippen molar-refractivity contribution in [3.8, 4) is 5.75 Å². The molecule has 1 N–H and O–H groups in total. The number of hydrogen-bond acceptors (Lipinski definition) is 3. The molecule has 1 aromatic carbocycles. The van der Waals surface area contributed by atoms with E-state index in [2.05, 4.69) is 17.9 Å². The molecule has 0 saturated carbocycles. The molecule has 0 heterocycles. The number of amides is 1. The highest BCUT2D eigenvalue weighted by Crippen LogP contribution is 2.26. The zero-order valence-corrected chi connectivity index (χ0v) is 13.7. The van der Waals surface area contributed by atoms with Crippen LogP contribution in [0.2, 0.25) is 0 Å². The predicted octanol–water partition coefficient (Wildman–Crippen LogP) is 3.93. The van der Waals surface area contributed by atoms with Gasteiger partial charge in [0.2, 0.25) is 5.91 Å². The van der Waals surface area contributed by atoms with Gasteiger partial charge < -0.3 is 10.1 Å². The van der Waals surface area contributed by atoms with E-state index in [0.717, 1.165) is 35.6 Å². The topological polar surface area (TPSA) is 38.3 Å². The van der Waals surface area contributed by atoms with Gasteiger partial charge in [-0.1, -0.05) is 20.8 Å². The molecule has 112 valence electrons. The molecule has 20 heavy (non-hydrogen) atoms. The average Bonchev–Trinajstić information content (AvgIpc) is 2.37. The maximum absolute atomic E-state index is 12.0. The largest absolute Gasteiger partial charge is 0.494 e. The van der Waals surface area contributed by atoms with Crippen LogP contribution in [0.25, 0.3) is 0 Å². The van der Waals surface area contributed by atoms with E-state index < -0.39 is 5.41 Å². The quantitative estimate of drug-likeness (QED) is 0.780. The number of carbonyl (C=O) groups excluding carboxylic acids is 1. The summed E-state index contributed by atoms with van der Waals surface area (Å²) in [6.45, 7) is 8.31. The van der Waals surface area contributed by atoms with Gasteiger partial charge in [0.15, 0.2) is 0 Å². The number of thiol groups is 1. The molecular weight excluding hydrogens is 270 g/mol. The van der Waals surface area contributed by atoms with Crippen LogP contribution in [0.1, 0.15) is 39.7 Å². The van der Waals surface area contributed by atoms with Crippen molar-refractivity contribution >= 4 is 24.2 Å². The van der Waals surface area contributed by atoms with Gasteiger partial charge in [0.05, 0.1) is 6.61 Å². The summed E-state index contributed by atoms with van der Waals surface area (Å²) in [5.74, 6) is 1.74. The second kappa shape index (κ2) is 7.58. The Hall–Kier alpha value is -1.16. The Bertz CT molecular complexity index is 452. The van der Waals surface area contributed by atoms with Crippen LogP contribution in [-0.4, -0.2) is 18.3 Å². The van der Waals surface area contributed by atoms with Gasteiger partial charge in [-0.15, -0.1) is 0 Å². The lowest BCUT2D eigenvalue weighted by Gasteiger charge is -2.19. The summed E-state index contributed by atoms with van der Waals surface area (Å²) in [5, 5.41) is 2.95. The number of benzene rings is 1. The van der Waals surface area contributed by atoms with Crippen LogP contribution in [0.15, 0.2) is 18.2 Å². The third-order valence-corrected chi connectivity index (χ3v) is 3.22. The summed E-state index contributed by atoms with van der Waals surface area (Å²) in [5.41, 5.74) is 1.54. The molecular formula is C16H25NO2S. The van der Waals surface area contributed by atoms with Crippen molar-refractivity contribution in [3.63, 3.8) is 0 Å². The van der Waals surface area contributed by atoms with Crippen molar-refractivity contribution in [3.05, 3.63) is 23.8 Å². The minimum atomic E-state index is -0.399. The van der Waals surface area contributed by atoms with Crippen molar-refractivity contribution in [2.45, 2.75) is 40.5 Å². The number of anilines is 1. The van der Waals surface area contributed by atoms with Gasteiger partial charge in [0.25, 0.3) is 0 Å². The SMILES string of the molecule is CCOc1ccc(NC(=O)C(C)(C)C)cc1CCCS. The summed E-state index contributed by atoms with van der Waals surface area (Å²) in [6.07, 6.45) is 1.89. The molecule has 0 fully saturated rings. The predicted molar refractivity (Wildman–Crippen MR) is 87.9 cm³/mol. The first-order chi connectivity index (χ1) is 9.38. The molecule has 0 bridgehead atoms. The van der Waals surface area contributed by atoms with Crippen molar-refractivity contribution in [2.24, 2.45) is 5.41 Å². The molecule has 1 rings (SSSR count). The van der Waals surface area contributed by atoms with E-state index in [1.54, 1.807) is 0 Å². The van der Waals surface area contributed by atoms with Gasteiger partial charge in [-0.05, 0) is 49.3 Å². The van der Waals surface area contributed by atoms with Gasteiger partial charge in [0.1, 0.15) is 5.75 Å². The average molecular weight is 295 g/mol. The third kappa shape index (κ3) is 5.08. The van der Waals surface area contributed by atoms with Crippen LogP contribution in [0.5, 0.6) is 5.75 Å². The molecule has 1 aromatic rings. The number of aryl methyl sites for hydroxylation is 1. The molecule has 0 unspecified atom stereocenters. The van der Waals surface area contributed by atoms with Crippen molar-refractivity contribution in [2.75, 3.05) is 17.7 Å². The molecule has 3 nitrogen and oxygen atoms in total. The molecule has 0 saturated heterocycles. The minimum Gasteiger partial charge on any atom is -0.494 e. The minimum absolute atomic E-state index is 0.0156. The van der Waals surface area contributed by atoms with E-state index in [1.165, 1.54) is 0 Å². The van der Waals surface area contributed by atoms with Gasteiger partial charge in [-0.25, -0.2) is 0 Å². The maximum atomic E-state index is 12.0. The van der Waals surface area contributed by atoms with Gasteiger partial charge in [0, 0.05) is 11.1 Å². The number of nitrogens with one attached hydrogen (secondary N) is 1. The third-order valence-electron chi connectivity index (χ3n) is 2.90. The Morgan fingerprint density at radius 3 is 2.60 bits per heavy atom. The van der Waals surface area contributed by atoms with Crippen molar-refractivity contribution in [1.82, 2.24) is 0 Å². The summed E-state index contributed by atoms with van der Waals surface area (Å²) < 4.78 is 5.62. The second-order valence-electron chi connectivity index (χ2n) is 5.79. The summed E-state index contributed by atoms with van der Waals surface area (Å²) in [7, 11) is 0. The molecule has 4 heteroatoms. The number of ether oxygens (including phenoxy) is 1. The fraction of sp³-hybridized carbons (Fsp3) is 0.562. The molecule has 0 aromatic heterocycles. The van der Waals surface area contributed by atoms with E-state index in [4.69, 9.17) is 4.74 Å². The molecule has 1 amide bonds. The molecule has 0 atom stereocenters. The van der Waals surface area contributed by atoms with E-state index in [1.807, 2.05) is 45.9 Å². The highest BCUT2D eigenvalue weighted by atomic mass is 32.1. The molecule has 0 aliphatic carbocycles. The van der Waals surface area contributed by atoms with Gasteiger partial charge in [-0.3, -0.25) is 4.79 Å². The first kappa shape index (κ1) is 16.9. The highest BCUT2D eigenvalue weighted by molar-refractivity contribution is 7.80. The van der Waals surface area contributed by atoms with E-state index in [-0.39, 0.29) is 5.91 Å². The molecule has 0 radical (unpaired) electrons. The van der Waals surface area contributed by atoms with Crippen LogP contribution >= 0.6 is 12.6 Å². The first-order valence-corrected chi connectivity index (χ1v) is 7.69. The standard InChI is InChI=1S/C16H25NO2S/c1-5-19-14-9-8-13(11-12(14)7-6-10-20)17-15(18)16(2,3)4/h8-9,11,20H,5-7,10H2,1-4H3,(H,17,18). The normalized spacial score (nSPS) is 11.2. The molecule has 0 aliphatic rings. The number of carbonyl (C=O) groups is 1. The molecule has 0 aliphatic heterocycles. The Morgan fingerprint density at radius 2 is 2.05 bits per heavy atom. The lowest BCUT2D eigenvalue weighted by Crippen LogP contribution is -2.27. The maximum Gasteiger partial charge on any atom is 0.229 e. The molecule has 0 spiro atoms. The Morgan fingerprint density at radius 1 is 1.35 bits per heavy atom. The lowest BCUT2D eigenvalue weighted by atomic mass is 9.95. The Kier molecular flexibility index (Phi) is 6.40. The first-order valence-electron chi connectivity index (χ1n) is 7.06.